The van der Waals surface area contributed by atoms with Crippen molar-refractivity contribution in [1.29, 1.82) is 0 Å². The molecule has 27 heavy (non-hydrogen) atoms. The van der Waals surface area contributed by atoms with Crippen LogP contribution in [0.3, 0.4) is 0 Å². The van der Waals surface area contributed by atoms with Gasteiger partial charge >= 0.3 is 5.97 Å². The molecule has 1 atom stereocenters. The summed E-state index contributed by atoms with van der Waals surface area (Å²) in [6.45, 7) is 2.73. The number of fused-ring (bicyclic) bond motifs is 1. The summed E-state index contributed by atoms with van der Waals surface area (Å²) in [5, 5.41) is 2.73. The SMILES string of the molecule is CCc1ccc(/C=C/C(=O)NC(C(=O)OC)c2ccc3c(c2)CCO3)cc1. The summed E-state index contributed by atoms with van der Waals surface area (Å²) in [6, 6.07) is 12.6. The number of aryl methyl sites for hydroxylation is 1. The zero-order valence-corrected chi connectivity index (χ0v) is 15.5. The van der Waals surface area contributed by atoms with Crippen molar-refractivity contribution in [3.63, 3.8) is 0 Å². The summed E-state index contributed by atoms with van der Waals surface area (Å²) in [5.41, 5.74) is 3.87. The fourth-order valence-electron chi connectivity index (χ4n) is 3.01. The van der Waals surface area contributed by atoms with E-state index in [9.17, 15) is 9.59 Å². The maximum Gasteiger partial charge on any atom is 0.333 e. The highest BCUT2D eigenvalue weighted by atomic mass is 16.5. The van der Waals surface area contributed by atoms with Crippen molar-refractivity contribution >= 4 is 18.0 Å². The van der Waals surface area contributed by atoms with Crippen LogP contribution in [0.2, 0.25) is 0 Å². The van der Waals surface area contributed by atoms with Gasteiger partial charge in [-0.25, -0.2) is 4.79 Å². The highest BCUT2D eigenvalue weighted by molar-refractivity contribution is 5.95. The van der Waals surface area contributed by atoms with Crippen LogP contribution in [0.5, 0.6) is 5.75 Å². The van der Waals surface area contributed by atoms with E-state index in [4.69, 9.17) is 9.47 Å². The molecule has 1 aliphatic rings. The second-order valence-corrected chi connectivity index (χ2v) is 6.36. The summed E-state index contributed by atoms with van der Waals surface area (Å²) < 4.78 is 10.4. The predicted octanol–water partition coefficient (Wildman–Crippen LogP) is 3.23. The largest absolute Gasteiger partial charge is 0.493 e. The van der Waals surface area contributed by atoms with Crippen molar-refractivity contribution in [3.8, 4) is 5.75 Å². The normalized spacial score (nSPS) is 13.7. The molecule has 1 N–H and O–H groups in total. The summed E-state index contributed by atoms with van der Waals surface area (Å²) in [6.07, 6.45) is 4.91. The molecule has 0 saturated carbocycles. The lowest BCUT2D eigenvalue weighted by molar-refractivity contribution is -0.144. The Kier molecular flexibility index (Phi) is 5.91. The Morgan fingerprint density at radius 2 is 2.00 bits per heavy atom. The molecule has 1 aliphatic heterocycles. The molecule has 1 heterocycles. The zero-order chi connectivity index (χ0) is 19.2. The van der Waals surface area contributed by atoms with Crippen molar-refractivity contribution in [2.24, 2.45) is 0 Å². The van der Waals surface area contributed by atoms with Crippen LogP contribution in [-0.2, 0) is 27.2 Å². The minimum absolute atomic E-state index is 0.360. The van der Waals surface area contributed by atoms with E-state index in [1.165, 1.54) is 18.7 Å². The number of esters is 1. The van der Waals surface area contributed by atoms with E-state index in [-0.39, 0.29) is 5.91 Å². The molecule has 1 amide bonds. The van der Waals surface area contributed by atoms with Gasteiger partial charge in [0.2, 0.25) is 5.91 Å². The van der Waals surface area contributed by atoms with E-state index in [1.807, 2.05) is 36.4 Å². The molecule has 0 aliphatic carbocycles. The molecule has 0 radical (unpaired) electrons. The van der Waals surface area contributed by atoms with Crippen LogP contribution >= 0.6 is 0 Å². The number of nitrogens with one attached hydrogen (secondary N) is 1. The molecule has 0 spiro atoms. The predicted molar refractivity (Wildman–Crippen MR) is 103 cm³/mol. The second-order valence-electron chi connectivity index (χ2n) is 6.36. The monoisotopic (exact) mass is 365 g/mol. The average Bonchev–Trinajstić information content (AvgIpc) is 3.18. The van der Waals surface area contributed by atoms with Gasteiger partial charge in [-0.2, -0.15) is 0 Å². The van der Waals surface area contributed by atoms with Gasteiger partial charge in [-0.3, -0.25) is 4.79 Å². The Labute approximate surface area is 159 Å². The Balaban J connectivity index is 1.73. The number of hydrogen-bond acceptors (Lipinski definition) is 4. The van der Waals surface area contributed by atoms with Crippen molar-refractivity contribution in [2.75, 3.05) is 13.7 Å². The maximum absolute atomic E-state index is 12.3. The molecule has 0 aromatic heterocycles. The van der Waals surface area contributed by atoms with Gasteiger partial charge in [0.1, 0.15) is 5.75 Å². The molecule has 3 rings (SSSR count). The van der Waals surface area contributed by atoms with Crippen LogP contribution in [0, 0.1) is 0 Å². The maximum atomic E-state index is 12.3. The Morgan fingerprint density at radius 3 is 2.70 bits per heavy atom. The van der Waals surface area contributed by atoms with E-state index in [1.54, 1.807) is 12.1 Å². The first-order valence-electron chi connectivity index (χ1n) is 9.01. The van der Waals surface area contributed by atoms with Crippen molar-refractivity contribution in [3.05, 3.63) is 70.8 Å². The summed E-state index contributed by atoms with van der Waals surface area (Å²) in [4.78, 5) is 24.5. The van der Waals surface area contributed by atoms with Crippen molar-refractivity contribution < 1.29 is 19.1 Å². The van der Waals surface area contributed by atoms with Crippen LogP contribution in [0.4, 0.5) is 0 Å². The fraction of sp³-hybridized carbons (Fsp3) is 0.273. The molecule has 5 nitrogen and oxygen atoms in total. The minimum atomic E-state index is -0.861. The molecule has 0 saturated heterocycles. The van der Waals surface area contributed by atoms with E-state index >= 15 is 0 Å². The number of hydrogen-bond donors (Lipinski definition) is 1. The van der Waals surface area contributed by atoms with Crippen LogP contribution < -0.4 is 10.1 Å². The van der Waals surface area contributed by atoms with E-state index in [0.29, 0.717) is 12.2 Å². The van der Waals surface area contributed by atoms with Gasteiger partial charge in [0.15, 0.2) is 6.04 Å². The molecule has 5 heteroatoms. The highest BCUT2D eigenvalue weighted by Gasteiger charge is 2.24. The molecular weight excluding hydrogens is 342 g/mol. The summed E-state index contributed by atoms with van der Waals surface area (Å²) >= 11 is 0. The lowest BCUT2D eigenvalue weighted by atomic mass is 10.0. The highest BCUT2D eigenvalue weighted by Crippen LogP contribution is 2.28. The zero-order valence-electron chi connectivity index (χ0n) is 15.5. The quantitative estimate of drug-likeness (QED) is 0.631. The number of carbonyl (C=O) groups excluding carboxylic acids is 2. The molecule has 2 aromatic rings. The molecule has 140 valence electrons. The average molecular weight is 365 g/mol. The summed E-state index contributed by atoms with van der Waals surface area (Å²) in [5.74, 6) is -0.0475. The topological polar surface area (TPSA) is 64.6 Å². The standard InChI is InChI=1S/C22H23NO4/c1-3-15-4-6-16(7-5-15)8-11-20(24)23-21(22(25)26-2)18-9-10-19-17(14-18)12-13-27-19/h4-11,14,21H,3,12-13H2,1-2H3,(H,23,24)/b11-8+. The van der Waals surface area contributed by atoms with Crippen LogP contribution in [0.1, 0.15) is 35.2 Å². The first-order valence-corrected chi connectivity index (χ1v) is 9.01. The third-order valence-electron chi connectivity index (χ3n) is 4.59. The second kappa shape index (κ2) is 8.54. The van der Waals surface area contributed by atoms with Crippen molar-refractivity contribution in [1.82, 2.24) is 5.32 Å². The third kappa shape index (κ3) is 4.56. The van der Waals surface area contributed by atoms with E-state index < -0.39 is 12.0 Å². The van der Waals surface area contributed by atoms with Gasteiger partial charge in [0.25, 0.3) is 0 Å². The molecule has 0 fully saturated rings. The summed E-state index contributed by atoms with van der Waals surface area (Å²) in [7, 11) is 1.31. The van der Waals surface area contributed by atoms with Crippen LogP contribution in [0.15, 0.2) is 48.5 Å². The Hall–Kier alpha value is -3.08. The number of amides is 1. The van der Waals surface area contributed by atoms with Gasteiger partial charge in [-0.05, 0) is 46.9 Å². The van der Waals surface area contributed by atoms with Crippen LogP contribution in [-0.4, -0.2) is 25.6 Å². The number of benzene rings is 2. The van der Waals surface area contributed by atoms with Gasteiger partial charge in [-0.1, -0.05) is 37.3 Å². The number of ether oxygens (including phenoxy) is 2. The first-order chi connectivity index (χ1) is 13.1. The lowest BCUT2D eigenvalue weighted by Gasteiger charge is -2.16. The number of methoxy groups -OCH3 is 1. The van der Waals surface area contributed by atoms with Crippen molar-refractivity contribution in [2.45, 2.75) is 25.8 Å². The Bertz CT molecular complexity index is 855. The molecular formula is C22H23NO4. The van der Waals surface area contributed by atoms with Gasteiger partial charge in [0, 0.05) is 12.5 Å². The van der Waals surface area contributed by atoms with E-state index in [0.717, 1.165) is 29.7 Å². The minimum Gasteiger partial charge on any atom is -0.493 e. The fourth-order valence-corrected chi connectivity index (χ4v) is 3.01. The number of carbonyl (C=O) groups is 2. The molecule has 2 aromatic carbocycles. The smallest absolute Gasteiger partial charge is 0.333 e. The van der Waals surface area contributed by atoms with Gasteiger partial charge in [-0.15, -0.1) is 0 Å². The molecule has 1 unspecified atom stereocenters. The van der Waals surface area contributed by atoms with Gasteiger partial charge in [0.05, 0.1) is 13.7 Å². The molecule has 0 bridgehead atoms. The number of rotatable bonds is 6. The first kappa shape index (κ1) is 18.7. The van der Waals surface area contributed by atoms with E-state index in [2.05, 4.69) is 12.2 Å². The lowest BCUT2D eigenvalue weighted by Crippen LogP contribution is -2.33. The van der Waals surface area contributed by atoms with Crippen LogP contribution in [0.25, 0.3) is 6.08 Å². The van der Waals surface area contributed by atoms with Gasteiger partial charge < -0.3 is 14.8 Å². The Morgan fingerprint density at radius 1 is 1.22 bits per heavy atom. The third-order valence-corrected chi connectivity index (χ3v) is 4.59.